The van der Waals surface area contributed by atoms with Crippen LogP contribution in [-0.2, 0) is 26.9 Å². The number of nitrogens with one attached hydrogen (secondary N) is 3. The van der Waals surface area contributed by atoms with Gasteiger partial charge in [0.2, 0.25) is 0 Å². The molecule has 1 amide bonds. The summed E-state index contributed by atoms with van der Waals surface area (Å²) in [6.45, 7) is 4.96. The zero-order valence-corrected chi connectivity index (χ0v) is 25.7. The topological polar surface area (TPSA) is 113 Å². The lowest BCUT2D eigenvalue weighted by atomic mass is 9.59. The zero-order chi connectivity index (χ0) is 31.2. The van der Waals surface area contributed by atoms with Crippen LogP contribution in [0.4, 0.5) is 4.79 Å². The lowest BCUT2D eigenvalue weighted by Crippen LogP contribution is -2.42. The van der Waals surface area contributed by atoms with Gasteiger partial charge < -0.3 is 9.72 Å². The minimum atomic E-state index is -4.13. The van der Waals surface area contributed by atoms with Crippen LogP contribution in [0.3, 0.4) is 0 Å². The monoisotopic (exact) mass is 608 g/mol. The molecule has 1 unspecified atom stereocenters. The van der Waals surface area contributed by atoms with Gasteiger partial charge in [0.05, 0.1) is 17.4 Å². The van der Waals surface area contributed by atoms with Gasteiger partial charge in [-0.25, -0.2) is 14.5 Å². The molecule has 4 aromatic carbocycles. The summed E-state index contributed by atoms with van der Waals surface area (Å²) < 4.78 is 34.4. The Kier molecular flexibility index (Phi) is 8.98. The molecule has 1 aromatic heterocycles. The number of ether oxygens (including phenoxy) is 1. The van der Waals surface area contributed by atoms with E-state index in [9.17, 15) is 13.2 Å². The zero-order valence-electron chi connectivity index (χ0n) is 24.9. The molecule has 0 bridgehead atoms. The van der Waals surface area contributed by atoms with Crippen molar-refractivity contribution in [3.63, 3.8) is 0 Å². The molecule has 0 aliphatic heterocycles. The fourth-order valence-corrected chi connectivity index (χ4v) is 6.32. The van der Waals surface area contributed by atoms with Crippen LogP contribution in [0.2, 0.25) is 0 Å². The van der Waals surface area contributed by atoms with Gasteiger partial charge in [-0.2, -0.15) is 13.1 Å². The van der Waals surface area contributed by atoms with Crippen LogP contribution in [0.25, 0.3) is 0 Å². The number of amides is 1. The van der Waals surface area contributed by atoms with Gasteiger partial charge in [-0.05, 0) is 48.6 Å². The second-order valence-corrected chi connectivity index (χ2v) is 13.0. The van der Waals surface area contributed by atoms with E-state index in [-0.39, 0.29) is 12.5 Å². The van der Waals surface area contributed by atoms with E-state index < -0.39 is 27.3 Å². The smallest absolute Gasteiger partial charge is 0.422 e. The summed E-state index contributed by atoms with van der Waals surface area (Å²) in [5.74, 6) is -0.263. The fraction of sp³-hybridized carbons (Fsp3) is 0.200. The van der Waals surface area contributed by atoms with E-state index in [2.05, 4.69) is 82.5 Å². The first-order valence-electron chi connectivity index (χ1n) is 14.3. The summed E-state index contributed by atoms with van der Waals surface area (Å²) in [6, 6.07) is 39.1. The van der Waals surface area contributed by atoms with Crippen LogP contribution in [0.5, 0.6) is 0 Å². The summed E-state index contributed by atoms with van der Waals surface area (Å²) in [4.78, 5) is 19.9. The van der Waals surface area contributed by atoms with Crippen molar-refractivity contribution in [2.24, 2.45) is 0 Å². The van der Waals surface area contributed by atoms with Crippen molar-refractivity contribution >= 4 is 16.3 Å². The standard InChI is InChI=1S/C35H36N4O4S/c1-34(2,3)43-33(40)39-44(41,42)38-23-26-19-21-27(22-20-26)32(31-24-36-25-37-31)35(28-13-7-4-8-14-28,29-15-9-5-10-16-29)30-17-11-6-12-18-30/h4-22,24-25,32,38H,23H2,1-3H3,(H,36,37)(H,39,40). The van der Waals surface area contributed by atoms with E-state index in [0.717, 1.165) is 27.9 Å². The first kappa shape index (κ1) is 30.7. The predicted octanol–water partition coefficient (Wildman–Crippen LogP) is 6.44. The number of nitrogens with zero attached hydrogens (tertiary/aromatic N) is 1. The number of carbonyl (C=O) groups is 1. The molecule has 0 fully saturated rings. The summed E-state index contributed by atoms with van der Waals surface area (Å²) in [5.41, 5.74) is 4.40. The number of hydrogen-bond acceptors (Lipinski definition) is 5. The molecule has 0 radical (unpaired) electrons. The van der Waals surface area contributed by atoms with Gasteiger partial charge in [-0.1, -0.05) is 115 Å². The third kappa shape index (κ3) is 6.90. The Morgan fingerprint density at radius 3 is 1.73 bits per heavy atom. The largest absolute Gasteiger partial charge is 0.443 e. The normalized spacial score (nSPS) is 12.8. The molecule has 9 heteroatoms. The van der Waals surface area contributed by atoms with Crippen molar-refractivity contribution in [3.8, 4) is 0 Å². The van der Waals surface area contributed by atoms with Crippen LogP contribution in [0.1, 0.15) is 60.2 Å². The van der Waals surface area contributed by atoms with Crippen LogP contribution in [-0.4, -0.2) is 30.1 Å². The van der Waals surface area contributed by atoms with Gasteiger partial charge in [0, 0.05) is 18.7 Å². The maximum Gasteiger partial charge on any atom is 0.422 e. The van der Waals surface area contributed by atoms with E-state index in [1.54, 1.807) is 27.1 Å². The van der Waals surface area contributed by atoms with Crippen LogP contribution < -0.4 is 9.44 Å². The number of rotatable bonds is 10. The van der Waals surface area contributed by atoms with E-state index in [1.165, 1.54) is 0 Å². The van der Waals surface area contributed by atoms with Gasteiger partial charge in [-0.3, -0.25) is 0 Å². The second-order valence-electron chi connectivity index (χ2n) is 11.5. The number of carbonyl (C=O) groups excluding carboxylic acids is 1. The van der Waals surface area contributed by atoms with Gasteiger partial charge in [-0.15, -0.1) is 0 Å². The average molecular weight is 609 g/mol. The molecular weight excluding hydrogens is 572 g/mol. The van der Waals surface area contributed by atoms with Crippen LogP contribution in [0, 0.1) is 0 Å². The van der Waals surface area contributed by atoms with Gasteiger partial charge in [0.15, 0.2) is 0 Å². The Morgan fingerprint density at radius 2 is 1.30 bits per heavy atom. The number of aromatic nitrogens is 2. The van der Waals surface area contributed by atoms with Crippen LogP contribution >= 0.6 is 0 Å². The van der Waals surface area contributed by atoms with E-state index in [1.807, 2.05) is 53.4 Å². The highest BCUT2D eigenvalue weighted by molar-refractivity contribution is 7.88. The first-order valence-corrected chi connectivity index (χ1v) is 15.8. The second kappa shape index (κ2) is 12.9. The molecular formula is C35H36N4O4S. The van der Waals surface area contributed by atoms with Crippen molar-refractivity contribution in [2.75, 3.05) is 0 Å². The predicted molar refractivity (Wildman–Crippen MR) is 171 cm³/mol. The maximum atomic E-state index is 12.5. The van der Waals surface area contributed by atoms with Crippen molar-refractivity contribution in [1.82, 2.24) is 19.4 Å². The molecule has 5 aromatic rings. The van der Waals surface area contributed by atoms with Crippen molar-refractivity contribution in [2.45, 2.75) is 44.2 Å². The molecule has 0 saturated carbocycles. The molecule has 226 valence electrons. The number of hydrogen-bond donors (Lipinski definition) is 3. The minimum Gasteiger partial charge on any atom is -0.443 e. The molecule has 8 nitrogen and oxygen atoms in total. The van der Waals surface area contributed by atoms with E-state index in [4.69, 9.17) is 9.72 Å². The highest BCUT2D eigenvalue weighted by atomic mass is 32.2. The third-order valence-corrected chi connectivity index (χ3v) is 8.29. The van der Waals surface area contributed by atoms with E-state index in [0.29, 0.717) is 5.56 Å². The average Bonchev–Trinajstić information content (AvgIpc) is 3.54. The number of imidazole rings is 1. The molecule has 5 rings (SSSR count). The summed E-state index contributed by atoms with van der Waals surface area (Å²) in [5, 5.41) is 0. The number of H-pyrrole nitrogens is 1. The molecule has 1 atom stereocenters. The lowest BCUT2D eigenvalue weighted by Gasteiger charge is -2.42. The first-order chi connectivity index (χ1) is 21.1. The Morgan fingerprint density at radius 1 is 0.795 bits per heavy atom. The van der Waals surface area contributed by atoms with Gasteiger partial charge in [0.25, 0.3) is 0 Å². The van der Waals surface area contributed by atoms with Crippen molar-refractivity contribution < 1.29 is 17.9 Å². The lowest BCUT2D eigenvalue weighted by molar-refractivity contribution is 0.0569. The molecule has 0 aliphatic rings. The highest BCUT2D eigenvalue weighted by Gasteiger charge is 2.46. The van der Waals surface area contributed by atoms with Gasteiger partial charge in [0.1, 0.15) is 5.60 Å². The molecule has 0 aliphatic carbocycles. The van der Waals surface area contributed by atoms with Crippen molar-refractivity contribution in [1.29, 1.82) is 0 Å². The highest BCUT2D eigenvalue weighted by Crippen LogP contribution is 2.52. The molecule has 3 N–H and O–H groups in total. The Hall–Kier alpha value is -4.73. The molecule has 0 spiro atoms. The summed E-state index contributed by atoms with van der Waals surface area (Å²) in [7, 11) is -4.13. The minimum absolute atomic E-state index is 0.0211. The molecule has 0 saturated heterocycles. The maximum absolute atomic E-state index is 12.5. The Balaban J connectivity index is 1.56. The van der Waals surface area contributed by atoms with Crippen molar-refractivity contribution in [3.05, 3.63) is 161 Å². The third-order valence-electron chi connectivity index (χ3n) is 7.33. The summed E-state index contributed by atoms with van der Waals surface area (Å²) in [6.07, 6.45) is 2.58. The van der Waals surface area contributed by atoms with Crippen LogP contribution in [0.15, 0.2) is 128 Å². The summed E-state index contributed by atoms with van der Waals surface area (Å²) >= 11 is 0. The Bertz CT molecular complexity index is 1660. The van der Waals surface area contributed by atoms with E-state index >= 15 is 0 Å². The van der Waals surface area contributed by atoms with Gasteiger partial charge >= 0.3 is 16.3 Å². The SMILES string of the molecule is CC(C)(C)OC(=O)NS(=O)(=O)NCc1ccc(C(c2c[nH]cn2)C(c2ccccc2)(c2ccccc2)c2ccccc2)cc1. The number of aromatic amines is 1. The molecule has 44 heavy (non-hydrogen) atoms. The quantitative estimate of drug-likeness (QED) is 0.158. The number of benzene rings is 4. The molecule has 1 heterocycles. The Labute approximate surface area is 258 Å². The fourth-order valence-electron chi connectivity index (χ4n) is 5.63.